The molecule has 0 unspecified atom stereocenters. The zero-order valence-corrected chi connectivity index (χ0v) is 18.8. The van der Waals surface area contributed by atoms with Gasteiger partial charge in [0, 0.05) is 25.3 Å². The van der Waals surface area contributed by atoms with Crippen molar-refractivity contribution in [3.05, 3.63) is 23.8 Å². The van der Waals surface area contributed by atoms with Crippen molar-refractivity contribution in [2.45, 2.75) is 72.6 Å². The monoisotopic (exact) mass is 420 g/mol. The molecular weight excluding hydrogens is 384 g/mol. The Balaban J connectivity index is 2.20. The van der Waals surface area contributed by atoms with Crippen LogP contribution in [0.15, 0.2) is 23.8 Å². The Labute approximate surface area is 179 Å². The van der Waals surface area contributed by atoms with Crippen LogP contribution in [0.3, 0.4) is 0 Å². The standard InChI is InChI=1S/C24H36O6/c1-16-7-10-21-23(4,15-30-18(3)26)11-6-12-24(21,5)20(16)9-8-19(13-22(27)28)14-29-17(2)25/h13,20-21H,1,6-12,14-15H2,2-5H3,(H,27,28)/b19-13-/t20-,21-,23+,24+/m1/s1. The Bertz CT molecular complexity index is 723. The lowest BCUT2D eigenvalue weighted by molar-refractivity contribution is -0.152. The fourth-order valence-corrected chi connectivity index (χ4v) is 5.94. The summed E-state index contributed by atoms with van der Waals surface area (Å²) in [6, 6.07) is 0. The predicted octanol–water partition coefficient (Wildman–Crippen LogP) is 4.68. The molecule has 0 radical (unpaired) electrons. The first-order valence-electron chi connectivity index (χ1n) is 10.8. The van der Waals surface area contributed by atoms with Gasteiger partial charge in [-0.2, -0.15) is 0 Å². The molecule has 2 aliphatic carbocycles. The van der Waals surface area contributed by atoms with E-state index in [1.54, 1.807) is 0 Å². The van der Waals surface area contributed by atoms with E-state index >= 15 is 0 Å². The summed E-state index contributed by atoms with van der Waals surface area (Å²) in [5.41, 5.74) is 1.79. The molecule has 0 spiro atoms. The van der Waals surface area contributed by atoms with Crippen LogP contribution in [-0.2, 0) is 23.9 Å². The van der Waals surface area contributed by atoms with Gasteiger partial charge in [0.2, 0.25) is 0 Å². The molecule has 0 aromatic rings. The van der Waals surface area contributed by atoms with E-state index in [1.807, 2.05) is 0 Å². The van der Waals surface area contributed by atoms with Gasteiger partial charge in [-0.25, -0.2) is 4.79 Å². The maximum atomic E-state index is 11.4. The summed E-state index contributed by atoms with van der Waals surface area (Å²) in [5.74, 6) is -1.03. The molecule has 0 saturated heterocycles. The first kappa shape index (κ1) is 24.2. The Morgan fingerprint density at radius 2 is 1.83 bits per heavy atom. The third-order valence-electron chi connectivity index (χ3n) is 7.29. The van der Waals surface area contributed by atoms with Crippen LogP contribution in [0.1, 0.15) is 72.6 Å². The third-order valence-corrected chi connectivity index (χ3v) is 7.29. The van der Waals surface area contributed by atoms with Crippen LogP contribution in [0.4, 0.5) is 0 Å². The van der Waals surface area contributed by atoms with Crippen LogP contribution < -0.4 is 0 Å². The molecule has 168 valence electrons. The minimum Gasteiger partial charge on any atom is -0.478 e. The number of carbonyl (C=O) groups is 3. The Kier molecular flexibility index (Phi) is 7.89. The summed E-state index contributed by atoms with van der Waals surface area (Å²) in [6.45, 7) is 12.1. The molecule has 2 fully saturated rings. The maximum absolute atomic E-state index is 11.4. The number of hydrogen-bond acceptors (Lipinski definition) is 5. The second-order valence-electron chi connectivity index (χ2n) is 9.56. The number of carboxylic acids is 1. The van der Waals surface area contributed by atoms with Crippen molar-refractivity contribution >= 4 is 17.9 Å². The number of esters is 2. The molecule has 0 bridgehead atoms. The highest BCUT2D eigenvalue weighted by Gasteiger charge is 2.54. The molecule has 2 aliphatic rings. The highest BCUT2D eigenvalue weighted by Crippen LogP contribution is 2.62. The maximum Gasteiger partial charge on any atom is 0.328 e. The number of rotatable bonds is 8. The van der Waals surface area contributed by atoms with E-state index in [0.29, 0.717) is 24.5 Å². The predicted molar refractivity (Wildman–Crippen MR) is 114 cm³/mol. The van der Waals surface area contributed by atoms with Crippen LogP contribution in [-0.4, -0.2) is 36.2 Å². The quantitative estimate of drug-likeness (QED) is 0.348. The zero-order valence-electron chi connectivity index (χ0n) is 18.8. The van der Waals surface area contributed by atoms with Gasteiger partial charge in [-0.3, -0.25) is 9.59 Å². The molecule has 6 nitrogen and oxygen atoms in total. The molecule has 0 heterocycles. The van der Waals surface area contributed by atoms with E-state index in [2.05, 4.69) is 20.4 Å². The van der Waals surface area contributed by atoms with Gasteiger partial charge < -0.3 is 14.6 Å². The highest BCUT2D eigenvalue weighted by atomic mass is 16.5. The topological polar surface area (TPSA) is 89.9 Å². The zero-order chi connectivity index (χ0) is 22.5. The van der Waals surface area contributed by atoms with Crippen molar-refractivity contribution in [1.82, 2.24) is 0 Å². The second kappa shape index (κ2) is 9.80. The van der Waals surface area contributed by atoms with Gasteiger partial charge in [0.1, 0.15) is 6.61 Å². The SMILES string of the molecule is C=C1CC[C@@H]2[C@](C)(COC(C)=O)CCC[C@@]2(C)[C@@H]1CC/C(=C/C(=O)O)COC(C)=O. The third kappa shape index (κ3) is 5.73. The van der Waals surface area contributed by atoms with Crippen LogP contribution in [0, 0.1) is 22.7 Å². The van der Waals surface area contributed by atoms with Gasteiger partial charge in [0.15, 0.2) is 0 Å². The van der Waals surface area contributed by atoms with Crippen LogP contribution in [0.25, 0.3) is 0 Å². The smallest absolute Gasteiger partial charge is 0.328 e. The van der Waals surface area contributed by atoms with Gasteiger partial charge in [0.25, 0.3) is 0 Å². The molecule has 2 rings (SSSR count). The second-order valence-corrected chi connectivity index (χ2v) is 9.56. The average molecular weight is 421 g/mol. The molecule has 2 saturated carbocycles. The van der Waals surface area contributed by atoms with E-state index < -0.39 is 11.9 Å². The van der Waals surface area contributed by atoms with Gasteiger partial charge in [-0.1, -0.05) is 32.4 Å². The molecule has 0 aromatic carbocycles. The van der Waals surface area contributed by atoms with Gasteiger partial charge in [-0.15, -0.1) is 0 Å². The number of carbonyl (C=O) groups excluding carboxylic acids is 2. The number of aliphatic carboxylic acids is 1. The lowest BCUT2D eigenvalue weighted by atomic mass is 9.47. The minimum absolute atomic E-state index is 0.00510. The van der Waals surface area contributed by atoms with E-state index in [4.69, 9.17) is 9.47 Å². The normalized spacial score (nSPS) is 31.6. The van der Waals surface area contributed by atoms with E-state index in [0.717, 1.165) is 44.6 Å². The molecule has 30 heavy (non-hydrogen) atoms. The van der Waals surface area contributed by atoms with Crippen molar-refractivity contribution in [1.29, 1.82) is 0 Å². The summed E-state index contributed by atoms with van der Waals surface area (Å²) in [4.78, 5) is 33.8. The van der Waals surface area contributed by atoms with E-state index in [1.165, 1.54) is 19.4 Å². The summed E-state index contributed by atoms with van der Waals surface area (Å²) in [5, 5.41) is 9.17. The summed E-state index contributed by atoms with van der Waals surface area (Å²) < 4.78 is 10.5. The molecule has 4 atom stereocenters. The van der Waals surface area contributed by atoms with Crippen LogP contribution in [0.5, 0.6) is 0 Å². The number of carboxylic acid groups (broad SMARTS) is 1. The van der Waals surface area contributed by atoms with E-state index in [9.17, 15) is 19.5 Å². The van der Waals surface area contributed by atoms with Gasteiger partial charge >= 0.3 is 17.9 Å². The molecule has 0 aromatic heterocycles. The largest absolute Gasteiger partial charge is 0.478 e. The number of fused-ring (bicyclic) bond motifs is 1. The van der Waals surface area contributed by atoms with Crippen molar-refractivity contribution in [2.75, 3.05) is 13.2 Å². The first-order valence-corrected chi connectivity index (χ1v) is 10.8. The number of ether oxygens (including phenoxy) is 2. The fourth-order valence-electron chi connectivity index (χ4n) is 5.94. The van der Waals surface area contributed by atoms with E-state index in [-0.39, 0.29) is 29.3 Å². The molecular formula is C24H36O6. The molecule has 6 heteroatoms. The summed E-state index contributed by atoms with van der Waals surface area (Å²) >= 11 is 0. The van der Waals surface area contributed by atoms with Crippen molar-refractivity contribution in [3.63, 3.8) is 0 Å². The van der Waals surface area contributed by atoms with Crippen LogP contribution >= 0.6 is 0 Å². The number of allylic oxidation sites excluding steroid dienone is 1. The Morgan fingerprint density at radius 3 is 2.43 bits per heavy atom. The summed E-state index contributed by atoms with van der Waals surface area (Å²) in [7, 11) is 0. The Hall–Kier alpha value is -2.11. The van der Waals surface area contributed by atoms with Crippen molar-refractivity contribution in [2.24, 2.45) is 22.7 Å². The Morgan fingerprint density at radius 1 is 1.17 bits per heavy atom. The lowest BCUT2D eigenvalue weighted by Gasteiger charge is -2.58. The minimum atomic E-state index is -1.03. The summed E-state index contributed by atoms with van der Waals surface area (Å²) in [6.07, 6.45) is 7.63. The number of hydrogen-bond donors (Lipinski definition) is 1. The van der Waals surface area contributed by atoms with Crippen molar-refractivity contribution in [3.8, 4) is 0 Å². The first-order chi connectivity index (χ1) is 14.0. The average Bonchev–Trinajstić information content (AvgIpc) is 2.63. The highest BCUT2D eigenvalue weighted by molar-refractivity contribution is 5.80. The van der Waals surface area contributed by atoms with Gasteiger partial charge in [-0.05, 0) is 61.3 Å². The molecule has 1 N–H and O–H groups in total. The lowest BCUT2D eigenvalue weighted by Crippen LogP contribution is -2.52. The van der Waals surface area contributed by atoms with Crippen LogP contribution in [0.2, 0.25) is 0 Å². The molecule has 0 aliphatic heterocycles. The molecule has 0 amide bonds. The fraction of sp³-hybridized carbons (Fsp3) is 0.708. The van der Waals surface area contributed by atoms with Crippen molar-refractivity contribution < 1.29 is 29.0 Å². The van der Waals surface area contributed by atoms with Gasteiger partial charge in [0.05, 0.1) is 6.61 Å².